The SMILES string of the molecule is Nc1ncc([N+](=O)[O-])c(-c2ccc(F)c(F)c2F)n1. The van der Waals surface area contributed by atoms with Crippen LogP contribution in [-0.2, 0) is 0 Å². The molecule has 2 aromatic rings. The molecule has 0 aliphatic carbocycles. The molecule has 0 unspecified atom stereocenters. The first kappa shape index (κ1) is 12.7. The van der Waals surface area contributed by atoms with Crippen molar-refractivity contribution in [3.63, 3.8) is 0 Å². The Morgan fingerprint density at radius 3 is 2.53 bits per heavy atom. The van der Waals surface area contributed by atoms with E-state index in [9.17, 15) is 23.3 Å². The molecule has 0 amide bonds. The van der Waals surface area contributed by atoms with E-state index in [-0.39, 0.29) is 5.95 Å². The number of nitrogens with two attached hydrogens (primary N) is 1. The molecule has 0 radical (unpaired) electrons. The number of halogens is 3. The number of anilines is 1. The summed E-state index contributed by atoms with van der Waals surface area (Å²) in [6.07, 6.45) is 0.762. The van der Waals surface area contributed by atoms with Gasteiger partial charge in [-0.1, -0.05) is 0 Å². The Labute approximate surface area is 103 Å². The molecule has 1 heterocycles. The van der Waals surface area contributed by atoms with Gasteiger partial charge in [0.05, 0.1) is 4.92 Å². The van der Waals surface area contributed by atoms with Crippen molar-refractivity contribution in [1.29, 1.82) is 0 Å². The van der Waals surface area contributed by atoms with Crippen LogP contribution in [0.3, 0.4) is 0 Å². The number of nitro groups is 1. The first-order valence-corrected chi connectivity index (χ1v) is 4.82. The minimum atomic E-state index is -1.75. The van der Waals surface area contributed by atoms with E-state index in [0.717, 1.165) is 12.3 Å². The normalized spacial score (nSPS) is 10.5. The summed E-state index contributed by atoms with van der Waals surface area (Å²) in [5.41, 5.74) is 3.49. The highest BCUT2D eigenvalue weighted by molar-refractivity contribution is 5.70. The maximum absolute atomic E-state index is 13.6. The number of hydrogen-bond donors (Lipinski definition) is 1. The Balaban J connectivity index is 2.75. The summed E-state index contributed by atoms with van der Waals surface area (Å²) in [6.45, 7) is 0. The number of benzene rings is 1. The van der Waals surface area contributed by atoms with Crippen molar-refractivity contribution in [1.82, 2.24) is 9.97 Å². The average molecular weight is 270 g/mol. The first-order chi connectivity index (χ1) is 8.91. The lowest BCUT2D eigenvalue weighted by Gasteiger charge is -2.05. The minimum absolute atomic E-state index is 0.357. The predicted molar refractivity (Wildman–Crippen MR) is 58.4 cm³/mol. The van der Waals surface area contributed by atoms with E-state index in [2.05, 4.69) is 9.97 Å². The van der Waals surface area contributed by atoms with Gasteiger partial charge in [0, 0.05) is 5.56 Å². The fourth-order valence-corrected chi connectivity index (χ4v) is 1.43. The molecule has 0 aliphatic heterocycles. The smallest absolute Gasteiger partial charge is 0.313 e. The van der Waals surface area contributed by atoms with Gasteiger partial charge in [-0.2, -0.15) is 0 Å². The Kier molecular flexibility index (Phi) is 3.03. The summed E-state index contributed by atoms with van der Waals surface area (Å²) >= 11 is 0. The third-order valence-electron chi connectivity index (χ3n) is 2.28. The highest BCUT2D eigenvalue weighted by Gasteiger charge is 2.24. The van der Waals surface area contributed by atoms with Gasteiger partial charge in [-0.15, -0.1) is 0 Å². The second kappa shape index (κ2) is 4.52. The van der Waals surface area contributed by atoms with Crippen LogP contribution in [0, 0.1) is 27.6 Å². The summed E-state index contributed by atoms with van der Waals surface area (Å²) < 4.78 is 39.5. The van der Waals surface area contributed by atoms with Crippen LogP contribution in [-0.4, -0.2) is 14.9 Å². The molecule has 2 rings (SSSR count). The molecule has 0 saturated carbocycles. The Morgan fingerprint density at radius 2 is 1.89 bits per heavy atom. The van der Waals surface area contributed by atoms with Gasteiger partial charge in [0.15, 0.2) is 23.1 Å². The molecular weight excluding hydrogens is 265 g/mol. The summed E-state index contributed by atoms with van der Waals surface area (Å²) in [5.74, 6) is -5.10. The van der Waals surface area contributed by atoms with Crippen LogP contribution in [0.1, 0.15) is 0 Å². The van der Waals surface area contributed by atoms with Crippen LogP contribution in [0.25, 0.3) is 11.3 Å². The number of hydrogen-bond acceptors (Lipinski definition) is 5. The van der Waals surface area contributed by atoms with Gasteiger partial charge in [0.25, 0.3) is 0 Å². The molecule has 0 saturated heterocycles. The third kappa shape index (κ3) is 2.17. The fraction of sp³-hybridized carbons (Fsp3) is 0. The number of aromatic nitrogens is 2. The summed E-state index contributed by atoms with van der Waals surface area (Å²) in [7, 11) is 0. The van der Waals surface area contributed by atoms with Gasteiger partial charge < -0.3 is 5.73 Å². The Hall–Kier alpha value is -2.71. The molecule has 0 fully saturated rings. The summed E-state index contributed by atoms with van der Waals surface area (Å²) in [5, 5.41) is 10.8. The average Bonchev–Trinajstić information content (AvgIpc) is 2.35. The lowest BCUT2D eigenvalue weighted by Crippen LogP contribution is -2.03. The lowest BCUT2D eigenvalue weighted by molar-refractivity contribution is -0.384. The second-order valence-corrected chi connectivity index (χ2v) is 3.44. The fourth-order valence-electron chi connectivity index (χ4n) is 1.43. The quantitative estimate of drug-likeness (QED) is 0.512. The number of nitrogen functional groups attached to an aromatic ring is 1. The molecule has 19 heavy (non-hydrogen) atoms. The van der Waals surface area contributed by atoms with Gasteiger partial charge in [-0.05, 0) is 12.1 Å². The van der Waals surface area contributed by atoms with Crippen LogP contribution < -0.4 is 5.73 Å². The topological polar surface area (TPSA) is 94.9 Å². The van der Waals surface area contributed by atoms with Gasteiger partial charge in [0.1, 0.15) is 6.20 Å². The van der Waals surface area contributed by atoms with E-state index in [1.165, 1.54) is 0 Å². The summed E-state index contributed by atoms with van der Waals surface area (Å²) in [4.78, 5) is 16.8. The van der Waals surface area contributed by atoms with E-state index in [1.54, 1.807) is 0 Å². The number of rotatable bonds is 2. The standard InChI is InChI=1S/C10H5F3N4O2/c11-5-2-1-4(7(12)8(5)13)9-6(17(18)19)3-15-10(14)16-9/h1-3H,(H2,14,15,16). The van der Waals surface area contributed by atoms with Crippen molar-refractivity contribution >= 4 is 11.6 Å². The van der Waals surface area contributed by atoms with Gasteiger partial charge >= 0.3 is 5.69 Å². The maximum Gasteiger partial charge on any atom is 0.313 e. The highest BCUT2D eigenvalue weighted by atomic mass is 19.2. The molecule has 0 aliphatic rings. The van der Waals surface area contributed by atoms with Crippen molar-refractivity contribution in [2.45, 2.75) is 0 Å². The van der Waals surface area contributed by atoms with Gasteiger partial charge in [-0.25, -0.2) is 23.1 Å². The molecule has 1 aromatic carbocycles. The largest absolute Gasteiger partial charge is 0.368 e. The molecule has 6 nitrogen and oxygen atoms in total. The van der Waals surface area contributed by atoms with E-state index < -0.39 is 39.3 Å². The van der Waals surface area contributed by atoms with Crippen molar-refractivity contribution < 1.29 is 18.1 Å². The third-order valence-corrected chi connectivity index (χ3v) is 2.28. The zero-order valence-electron chi connectivity index (χ0n) is 9.10. The van der Waals surface area contributed by atoms with Crippen molar-refractivity contribution in [2.24, 2.45) is 0 Å². The Morgan fingerprint density at radius 1 is 1.21 bits per heavy atom. The van der Waals surface area contributed by atoms with Crippen molar-refractivity contribution in [3.8, 4) is 11.3 Å². The van der Waals surface area contributed by atoms with Gasteiger partial charge in [0.2, 0.25) is 5.95 Å². The zero-order chi connectivity index (χ0) is 14.2. The number of nitrogens with zero attached hydrogens (tertiary/aromatic N) is 3. The van der Waals surface area contributed by atoms with E-state index in [1.807, 2.05) is 0 Å². The van der Waals surface area contributed by atoms with E-state index in [0.29, 0.717) is 6.07 Å². The van der Waals surface area contributed by atoms with Crippen molar-refractivity contribution in [2.75, 3.05) is 5.73 Å². The van der Waals surface area contributed by atoms with Crippen LogP contribution in [0.15, 0.2) is 18.3 Å². The highest BCUT2D eigenvalue weighted by Crippen LogP contribution is 2.31. The van der Waals surface area contributed by atoms with E-state index >= 15 is 0 Å². The molecule has 0 bridgehead atoms. The molecule has 2 N–H and O–H groups in total. The Bertz CT molecular complexity index is 678. The monoisotopic (exact) mass is 270 g/mol. The molecule has 9 heteroatoms. The summed E-state index contributed by atoms with van der Waals surface area (Å²) in [6, 6.07) is 1.47. The van der Waals surface area contributed by atoms with Crippen LogP contribution >= 0.6 is 0 Å². The maximum atomic E-state index is 13.6. The second-order valence-electron chi connectivity index (χ2n) is 3.44. The molecule has 1 aromatic heterocycles. The van der Waals surface area contributed by atoms with Crippen molar-refractivity contribution in [3.05, 3.63) is 45.9 Å². The molecule has 98 valence electrons. The van der Waals surface area contributed by atoms with Crippen LogP contribution in [0.2, 0.25) is 0 Å². The lowest BCUT2D eigenvalue weighted by atomic mass is 10.1. The first-order valence-electron chi connectivity index (χ1n) is 4.82. The molecule has 0 spiro atoms. The molecular formula is C10H5F3N4O2. The zero-order valence-corrected chi connectivity index (χ0v) is 9.10. The minimum Gasteiger partial charge on any atom is -0.368 e. The van der Waals surface area contributed by atoms with E-state index in [4.69, 9.17) is 5.73 Å². The van der Waals surface area contributed by atoms with Crippen LogP contribution in [0.4, 0.5) is 24.8 Å². The predicted octanol–water partition coefficient (Wildman–Crippen LogP) is 2.05. The van der Waals surface area contributed by atoms with Crippen LogP contribution in [0.5, 0.6) is 0 Å². The molecule has 0 atom stereocenters. The van der Waals surface area contributed by atoms with Gasteiger partial charge in [-0.3, -0.25) is 10.1 Å².